The first-order chi connectivity index (χ1) is 11.5. The van der Waals surface area contributed by atoms with Gasteiger partial charge in [-0.25, -0.2) is 0 Å². The average Bonchev–Trinajstić information content (AvgIpc) is 2.61. The molecule has 24 heavy (non-hydrogen) atoms. The van der Waals surface area contributed by atoms with Crippen molar-refractivity contribution in [2.24, 2.45) is 5.41 Å². The molecule has 0 radical (unpaired) electrons. The predicted molar refractivity (Wildman–Crippen MR) is 89.0 cm³/mol. The Balaban J connectivity index is 1.72. The fourth-order valence-electron chi connectivity index (χ4n) is 3.93. The molecule has 6 nitrogen and oxygen atoms in total. The Morgan fingerprint density at radius 1 is 1.46 bits per heavy atom. The molecule has 0 unspecified atom stereocenters. The lowest BCUT2D eigenvalue weighted by atomic mass is 9.70. The van der Waals surface area contributed by atoms with Gasteiger partial charge in [0.25, 0.3) is 0 Å². The third-order valence-corrected chi connectivity index (χ3v) is 5.29. The van der Waals surface area contributed by atoms with Crippen molar-refractivity contribution in [3.05, 3.63) is 29.8 Å². The highest BCUT2D eigenvalue weighted by Gasteiger charge is 2.51. The van der Waals surface area contributed by atoms with Crippen molar-refractivity contribution in [3.8, 4) is 5.75 Å². The zero-order chi connectivity index (χ0) is 17.2. The number of piperidine rings is 2. The molecular formula is C18H24N2O4. The zero-order valence-corrected chi connectivity index (χ0v) is 14.0. The van der Waals surface area contributed by atoms with Crippen molar-refractivity contribution in [1.82, 2.24) is 10.2 Å². The summed E-state index contributed by atoms with van der Waals surface area (Å²) >= 11 is 0. The third kappa shape index (κ3) is 3.11. The summed E-state index contributed by atoms with van der Waals surface area (Å²) in [6.07, 6.45) is 2.42. The summed E-state index contributed by atoms with van der Waals surface area (Å²) in [7, 11) is 1.60. The standard InChI is InChI=1S/C18H24N2O4/c1-24-14-5-2-4-13(10-14)11-16(21)20-9-6-15-18(12-20,17(22)23)7-3-8-19-15/h2,4-5,10,15,19H,3,6-9,11-12H2,1H3,(H,22,23)/t15-,18+/m1/s1. The number of ether oxygens (including phenoxy) is 1. The molecule has 2 fully saturated rings. The van der Waals surface area contributed by atoms with Crippen LogP contribution in [-0.4, -0.2) is 54.7 Å². The van der Waals surface area contributed by atoms with Crippen molar-refractivity contribution in [2.75, 3.05) is 26.7 Å². The van der Waals surface area contributed by atoms with Gasteiger partial charge in [0.1, 0.15) is 11.2 Å². The first-order valence-electron chi connectivity index (χ1n) is 8.43. The number of amides is 1. The lowest BCUT2D eigenvalue weighted by Gasteiger charge is -2.48. The number of hydrogen-bond acceptors (Lipinski definition) is 4. The highest BCUT2D eigenvalue weighted by atomic mass is 16.5. The summed E-state index contributed by atoms with van der Waals surface area (Å²) < 4.78 is 5.19. The molecule has 2 heterocycles. The van der Waals surface area contributed by atoms with Crippen LogP contribution in [0.15, 0.2) is 24.3 Å². The molecule has 2 aliphatic rings. The Morgan fingerprint density at radius 2 is 2.29 bits per heavy atom. The lowest BCUT2D eigenvalue weighted by Crippen LogP contribution is -2.63. The van der Waals surface area contributed by atoms with E-state index in [9.17, 15) is 14.7 Å². The van der Waals surface area contributed by atoms with Crippen LogP contribution in [0.4, 0.5) is 0 Å². The molecule has 0 saturated carbocycles. The number of fused-ring (bicyclic) bond motifs is 1. The molecule has 0 spiro atoms. The van der Waals surface area contributed by atoms with E-state index in [1.807, 2.05) is 24.3 Å². The molecule has 1 amide bonds. The number of nitrogens with zero attached hydrogens (tertiary/aromatic N) is 1. The largest absolute Gasteiger partial charge is 0.497 e. The Hall–Kier alpha value is -2.08. The lowest BCUT2D eigenvalue weighted by molar-refractivity contribution is -0.159. The zero-order valence-electron chi connectivity index (χ0n) is 14.0. The maximum atomic E-state index is 12.7. The number of carboxylic acids is 1. The number of carboxylic acid groups (broad SMARTS) is 1. The van der Waals surface area contributed by atoms with E-state index in [4.69, 9.17) is 4.74 Å². The number of methoxy groups -OCH3 is 1. The molecule has 2 atom stereocenters. The third-order valence-electron chi connectivity index (χ3n) is 5.29. The Morgan fingerprint density at radius 3 is 3.04 bits per heavy atom. The van der Waals surface area contributed by atoms with Crippen molar-refractivity contribution in [3.63, 3.8) is 0 Å². The van der Waals surface area contributed by atoms with Gasteiger partial charge in [0.15, 0.2) is 0 Å². The van der Waals surface area contributed by atoms with Crippen LogP contribution >= 0.6 is 0 Å². The average molecular weight is 332 g/mol. The first kappa shape index (κ1) is 16.8. The number of likely N-dealkylation sites (tertiary alicyclic amines) is 1. The summed E-state index contributed by atoms with van der Waals surface area (Å²) in [4.78, 5) is 26.3. The maximum Gasteiger partial charge on any atom is 0.313 e. The molecule has 0 aromatic heterocycles. The summed E-state index contributed by atoms with van der Waals surface area (Å²) in [5.41, 5.74) is 0.0354. The van der Waals surface area contributed by atoms with E-state index in [0.717, 1.165) is 24.3 Å². The van der Waals surface area contributed by atoms with Crippen molar-refractivity contribution in [2.45, 2.75) is 31.7 Å². The number of rotatable bonds is 4. The maximum absolute atomic E-state index is 12.7. The van der Waals surface area contributed by atoms with Gasteiger partial charge in [-0.3, -0.25) is 9.59 Å². The van der Waals surface area contributed by atoms with Gasteiger partial charge in [0.05, 0.1) is 13.5 Å². The van der Waals surface area contributed by atoms with Crippen LogP contribution < -0.4 is 10.1 Å². The molecule has 0 bridgehead atoms. The number of hydrogen-bond donors (Lipinski definition) is 2. The summed E-state index contributed by atoms with van der Waals surface area (Å²) in [5, 5.41) is 13.1. The molecule has 6 heteroatoms. The van der Waals surface area contributed by atoms with Gasteiger partial charge < -0.3 is 20.1 Å². The van der Waals surface area contributed by atoms with Crippen LogP contribution in [0.5, 0.6) is 5.75 Å². The second-order valence-electron chi connectivity index (χ2n) is 6.70. The van der Waals surface area contributed by atoms with E-state index in [1.54, 1.807) is 12.0 Å². The van der Waals surface area contributed by atoms with Crippen molar-refractivity contribution in [1.29, 1.82) is 0 Å². The van der Waals surface area contributed by atoms with E-state index >= 15 is 0 Å². The molecule has 1 aromatic carbocycles. The number of aliphatic carboxylic acids is 1. The predicted octanol–water partition coefficient (Wildman–Crippen LogP) is 1.29. The molecule has 2 N–H and O–H groups in total. The molecule has 3 rings (SSSR count). The highest BCUT2D eigenvalue weighted by Crippen LogP contribution is 2.38. The number of nitrogens with one attached hydrogen (secondary N) is 1. The molecule has 2 aliphatic heterocycles. The van der Waals surface area contributed by atoms with Crippen LogP contribution in [0, 0.1) is 5.41 Å². The van der Waals surface area contributed by atoms with E-state index in [0.29, 0.717) is 25.9 Å². The molecule has 1 aromatic rings. The summed E-state index contributed by atoms with van der Waals surface area (Å²) in [5.74, 6) is -0.0935. The quantitative estimate of drug-likeness (QED) is 0.869. The van der Waals surface area contributed by atoms with Crippen LogP contribution in [0.25, 0.3) is 0 Å². The van der Waals surface area contributed by atoms with E-state index < -0.39 is 11.4 Å². The van der Waals surface area contributed by atoms with Gasteiger partial charge in [-0.05, 0) is 43.5 Å². The van der Waals surface area contributed by atoms with Crippen LogP contribution in [0.3, 0.4) is 0 Å². The van der Waals surface area contributed by atoms with Gasteiger partial charge in [0.2, 0.25) is 5.91 Å². The Kier molecular flexibility index (Phi) is 4.76. The minimum Gasteiger partial charge on any atom is -0.497 e. The molecule has 130 valence electrons. The summed E-state index contributed by atoms with van der Waals surface area (Å²) in [6.45, 7) is 1.76. The SMILES string of the molecule is COc1cccc(CC(=O)N2CC[C@H]3NCCC[C@]3(C(=O)O)C2)c1. The van der Waals surface area contributed by atoms with E-state index in [2.05, 4.69) is 5.32 Å². The van der Waals surface area contributed by atoms with Crippen LogP contribution in [0.1, 0.15) is 24.8 Å². The monoisotopic (exact) mass is 332 g/mol. The normalized spacial score (nSPS) is 26.5. The Labute approximate surface area is 141 Å². The van der Waals surface area contributed by atoms with Gasteiger partial charge >= 0.3 is 5.97 Å². The second-order valence-corrected chi connectivity index (χ2v) is 6.70. The second kappa shape index (κ2) is 6.81. The fourth-order valence-corrected chi connectivity index (χ4v) is 3.93. The first-order valence-corrected chi connectivity index (χ1v) is 8.43. The number of benzene rings is 1. The van der Waals surface area contributed by atoms with E-state index in [1.165, 1.54) is 0 Å². The van der Waals surface area contributed by atoms with Crippen molar-refractivity contribution >= 4 is 11.9 Å². The van der Waals surface area contributed by atoms with Crippen LogP contribution in [0.2, 0.25) is 0 Å². The topological polar surface area (TPSA) is 78.9 Å². The fraction of sp³-hybridized carbons (Fsp3) is 0.556. The van der Waals surface area contributed by atoms with Gasteiger partial charge in [0, 0.05) is 19.1 Å². The molecular weight excluding hydrogens is 308 g/mol. The van der Waals surface area contributed by atoms with Gasteiger partial charge in [-0.1, -0.05) is 12.1 Å². The summed E-state index contributed by atoms with van der Waals surface area (Å²) in [6, 6.07) is 7.40. The Bertz CT molecular complexity index is 633. The minimum absolute atomic E-state index is 0.0205. The smallest absolute Gasteiger partial charge is 0.313 e. The molecule has 0 aliphatic carbocycles. The van der Waals surface area contributed by atoms with Gasteiger partial charge in [-0.2, -0.15) is 0 Å². The number of carbonyl (C=O) groups is 2. The van der Waals surface area contributed by atoms with Crippen molar-refractivity contribution < 1.29 is 19.4 Å². The number of carbonyl (C=O) groups excluding carboxylic acids is 1. The van der Waals surface area contributed by atoms with Crippen LogP contribution in [-0.2, 0) is 16.0 Å². The molecule has 2 saturated heterocycles. The minimum atomic E-state index is -0.847. The van der Waals surface area contributed by atoms with E-state index in [-0.39, 0.29) is 18.4 Å². The van der Waals surface area contributed by atoms with Gasteiger partial charge in [-0.15, -0.1) is 0 Å². The highest BCUT2D eigenvalue weighted by molar-refractivity contribution is 5.82.